The van der Waals surface area contributed by atoms with Gasteiger partial charge in [-0.15, -0.1) is 0 Å². The number of thiazole rings is 1. The highest BCUT2D eigenvalue weighted by Gasteiger charge is 2.11. The predicted molar refractivity (Wildman–Crippen MR) is 62.4 cm³/mol. The second-order valence-electron chi connectivity index (χ2n) is 2.72. The number of aromatic amines is 1. The van der Waals surface area contributed by atoms with Crippen LogP contribution in [0.15, 0.2) is 10.2 Å². The van der Waals surface area contributed by atoms with Crippen molar-refractivity contribution >= 4 is 38.6 Å². The Bertz CT molecular complexity index is 501. The zero-order chi connectivity index (χ0) is 11.5. The summed E-state index contributed by atoms with van der Waals surface area (Å²) in [5.74, 6) is -0.392. The fraction of sp³-hybridized carbons (Fsp3) is 0.333. The minimum absolute atomic E-state index is 0.0314. The van der Waals surface area contributed by atoms with E-state index in [0.29, 0.717) is 5.69 Å². The van der Waals surface area contributed by atoms with Gasteiger partial charge in [0, 0.05) is 11.1 Å². The first-order valence-corrected chi connectivity index (χ1v) is 6.75. The molecule has 9 heteroatoms. The van der Waals surface area contributed by atoms with Crippen molar-refractivity contribution in [2.45, 2.75) is 6.54 Å². The molecule has 0 radical (unpaired) electrons. The molecule has 6 nitrogen and oxygen atoms in total. The molecule has 1 rings (SSSR count). The first kappa shape index (κ1) is 12.3. The van der Waals surface area contributed by atoms with E-state index >= 15 is 0 Å². The van der Waals surface area contributed by atoms with Crippen LogP contribution in [0.5, 0.6) is 0 Å². The van der Waals surface area contributed by atoms with Gasteiger partial charge in [0.05, 0.1) is 11.5 Å². The Morgan fingerprint density at radius 2 is 2.33 bits per heavy atom. The van der Waals surface area contributed by atoms with E-state index in [9.17, 15) is 13.2 Å². The molecule has 0 amide bonds. The Hall–Kier alpha value is -0.770. The van der Waals surface area contributed by atoms with E-state index in [2.05, 4.69) is 21.9 Å². The molecule has 15 heavy (non-hydrogen) atoms. The van der Waals surface area contributed by atoms with E-state index in [1.54, 1.807) is 5.38 Å². The van der Waals surface area contributed by atoms with Crippen molar-refractivity contribution in [3.8, 4) is 0 Å². The number of rotatable bonds is 5. The number of nitrogens with one attached hydrogen (secondary N) is 2. The van der Waals surface area contributed by atoms with Crippen LogP contribution in [0, 0.1) is 0 Å². The Kier molecular flexibility index (Phi) is 3.97. The lowest BCUT2D eigenvalue weighted by Crippen LogP contribution is -2.32. The molecule has 0 aliphatic heterocycles. The van der Waals surface area contributed by atoms with Crippen LogP contribution >= 0.6 is 23.6 Å². The van der Waals surface area contributed by atoms with Crippen molar-refractivity contribution < 1.29 is 8.42 Å². The van der Waals surface area contributed by atoms with Crippen LogP contribution in [0.3, 0.4) is 0 Å². The number of thiocarbonyl (C=S) groups is 1. The molecular formula is C6H9N3O3S3. The number of hydrogen-bond acceptors (Lipinski definition) is 5. The molecule has 0 aliphatic rings. The number of nitrogens with two attached hydrogens (primary N) is 1. The lowest BCUT2D eigenvalue weighted by atomic mass is 10.5. The third-order valence-corrected chi connectivity index (χ3v) is 3.71. The maximum absolute atomic E-state index is 11.3. The monoisotopic (exact) mass is 267 g/mol. The number of sulfonamides is 1. The molecule has 0 aromatic carbocycles. The van der Waals surface area contributed by atoms with Gasteiger partial charge in [0.15, 0.2) is 0 Å². The zero-order valence-electron chi connectivity index (χ0n) is 7.52. The third-order valence-electron chi connectivity index (χ3n) is 1.39. The smallest absolute Gasteiger partial charge is 0.304 e. The van der Waals surface area contributed by atoms with Crippen LogP contribution in [-0.4, -0.2) is 24.1 Å². The maximum atomic E-state index is 11.3. The van der Waals surface area contributed by atoms with Gasteiger partial charge in [0.25, 0.3) is 0 Å². The number of aromatic nitrogens is 1. The minimum atomic E-state index is -3.50. The first-order chi connectivity index (χ1) is 6.89. The highest BCUT2D eigenvalue weighted by atomic mass is 32.2. The van der Waals surface area contributed by atoms with Gasteiger partial charge in [-0.1, -0.05) is 23.6 Å². The summed E-state index contributed by atoms with van der Waals surface area (Å²) < 4.78 is 24.8. The van der Waals surface area contributed by atoms with Crippen molar-refractivity contribution in [1.29, 1.82) is 0 Å². The number of H-pyrrole nitrogens is 1. The molecule has 0 aliphatic carbocycles. The van der Waals surface area contributed by atoms with Crippen molar-refractivity contribution in [3.63, 3.8) is 0 Å². The van der Waals surface area contributed by atoms with Crippen LogP contribution in [0.4, 0.5) is 0 Å². The molecule has 1 aromatic heterocycles. The standard InChI is InChI=1S/C6H9N3O3S3/c7-5(13)3-15(11,12)8-1-4-2-14-6(10)9-4/h2,8H,1,3H2,(H2,7,13)(H,9,10). The van der Waals surface area contributed by atoms with Crippen molar-refractivity contribution in [1.82, 2.24) is 9.71 Å². The average molecular weight is 267 g/mol. The van der Waals surface area contributed by atoms with Crippen molar-refractivity contribution in [2.24, 2.45) is 5.73 Å². The fourth-order valence-corrected chi connectivity index (χ4v) is 2.73. The Morgan fingerprint density at radius 1 is 1.67 bits per heavy atom. The van der Waals surface area contributed by atoms with Gasteiger partial charge in [-0.3, -0.25) is 4.79 Å². The average Bonchev–Trinajstić information content (AvgIpc) is 2.46. The Labute approximate surface area is 95.6 Å². The highest BCUT2D eigenvalue weighted by molar-refractivity contribution is 7.92. The Morgan fingerprint density at radius 3 is 2.80 bits per heavy atom. The molecule has 0 atom stereocenters. The lowest BCUT2D eigenvalue weighted by Gasteiger charge is -2.03. The summed E-state index contributed by atoms with van der Waals surface area (Å²) in [6, 6.07) is 0. The van der Waals surface area contributed by atoms with Crippen LogP contribution in [0.1, 0.15) is 5.69 Å². The summed E-state index contributed by atoms with van der Waals surface area (Å²) in [4.78, 5) is 12.9. The quantitative estimate of drug-likeness (QED) is 0.602. The second-order valence-corrected chi connectivity index (χ2v) is 5.89. The van der Waals surface area contributed by atoms with Crippen LogP contribution < -0.4 is 15.3 Å². The van der Waals surface area contributed by atoms with Gasteiger partial charge in [-0.25, -0.2) is 13.1 Å². The van der Waals surface area contributed by atoms with E-state index in [0.717, 1.165) is 11.3 Å². The molecule has 0 unspecified atom stereocenters. The van der Waals surface area contributed by atoms with E-state index in [1.165, 1.54) is 0 Å². The fourth-order valence-electron chi connectivity index (χ4n) is 0.827. The van der Waals surface area contributed by atoms with Gasteiger partial charge < -0.3 is 10.7 Å². The van der Waals surface area contributed by atoms with Gasteiger partial charge in [-0.2, -0.15) is 0 Å². The molecule has 0 spiro atoms. The van der Waals surface area contributed by atoms with Crippen molar-refractivity contribution in [2.75, 3.05) is 5.75 Å². The first-order valence-electron chi connectivity index (χ1n) is 3.81. The summed E-state index contributed by atoms with van der Waals surface area (Å²) in [5.41, 5.74) is 5.62. The number of hydrogen-bond donors (Lipinski definition) is 3. The predicted octanol–water partition coefficient (Wildman–Crippen LogP) is -0.858. The van der Waals surface area contributed by atoms with Crippen LogP contribution in [0.25, 0.3) is 0 Å². The van der Waals surface area contributed by atoms with E-state index < -0.39 is 15.8 Å². The molecule has 0 bridgehead atoms. The molecular weight excluding hydrogens is 258 g/mol. The summed E-state index contributed by atoms with van der Waals surface area (Å²) in [6.45, 7) is 0.0314. The minimum Gasteiger partial charge on any atom is -0.392 e. The maximum Gasteiger partial charge on any atom is 0.304 e. The van der Waals surface area contributed by atoms with E-state index in [1.807, 2.05) is 0 Å². The van der Waals surface area contributed by atoms with Gasteiger partial charge >= 0.3 is 4.87 Å². The molecule has 1 heterocycles. The molecule has 84 valence electrons. The van der Waals surface area contributed by atoms with Gasteiger partial charge in [-0.05, 0) is 0 Å². The summed E-state index contributed by atoms with van der Waals surface area (Å²) in [7, 11) is -3.50. The van der Waals surface area contributed by atoms with Crippen LogP contribution in [-0.2, 0) is 16.6 Å². The molecule has 0 saturated heterocycles. The molecule has 0 fully saturated rings. The highest BCUT2D eigenvalue weighted by Crippen LogP contribution is 1.96. The SMILES string of the molecule is NC(=S)CS(=O)(=O)NCc1csc(=O)[nH]1. The van der Waals surface area contributed by atoms with E-state index in [-0.39, 0.29) is 16.4 Å². The molecule has 1 aromatic rings. The summed E-state index contributed by atoms with van der Waals surface area (Å²) >= 11 is 5.45. The molecule has 4 N–H and O–H groups in total. The third kappa shape index (κ3) is 4.51. The second kappa shape index (κ2) is 4.84. The van der Waals surface area contributed by atoms with E-state index in [4.69, 9.17) is 5.73 Å². The van der Waals surface area contributed by atoms with Gasteiger partial charge in [0.1, 0.15) is 5.75 Å². The topological polar surface area (TPSA) is 105 Å². The molecule has 0 saturated carbocycles. The van der Waals surface area contributed by atoms with Gasteiger partial charge in [0.2, 0.25) is 10.0 Å². The summed E-state index contributed by atoms with van der Waals surface area (Å²) in [5, 5.41) is 1.55. The largest absolute Gasteiger partial charge is 0.392 e. The van der Waals surface area contributed by atoms with Crippen molar-refractivity contribution in [3.05, 3.63) is 20.7 Å². The summed E-state index contributed by atoms with van der Waals surface area (Å²) in [6.07, 6.45) is 0. The normalized spacial score (nSPS) is 11.5. The van der Waals surface area contributed by atoms with Crippen LogP contribution in [0.2, 0.25) is 0 Å². The lowest BCUT2D eigenvalue weighted by molar-refractivity contribution is 0.584. The zero-order valence-corrected chi connectivity index (χ0v) is 9.97. The Balaban J connectivity index is 2.57.